The molecule has 134 valence electrons. The number of hydrogen-bond acceptors (Lipinski definition) is 5. The third kappa shape index (κ3) is 6.11. The highest BCUT2D eigenvalue weighted by Gasteiger charge is 2.17. The van der Waals surface area contributed by atoms with E-state index in [1.54, 1.807) is 12.1 Å². The first-order valence-corrected chi connectivity index (χ1v) is 7.97. The van der Waals surface area contributed by atoms with Crippen molar-refractivity contribution < 1.29 is 14.3 Å². The molecule has 1 aromatic carbocycles. The van der Waals surface area contributed by atoms with Crippen LogP contribution in [0.1, 0.15) is 17.3 Å². The number of ketones is 1. The Labute approximate surface area is 149 Å². The molecule has 0 atom stereocenters. The number of halogens is 1. The molecule has 1 aromatic rings. The number of nitrogens with one attached hydrogen (secondary N) is 1. The molecule has 2 rings (SSSR count). The summed E-state index contributed by atoms with van der Waals surface area (Å²) in [6, 6.07) is 7.22. The molecule has 0 spiro atoms. The molecule has 1 aliphatic heterocycles. The van der Waals surface area contributed by atoms with E-state index in [-0.39, 0.29) is 24.1 Å². The van der Waals surface area contributed by atoms with Crippen LogP contribution < -0.4 is 10.1 Å². The van der Waals surface area contributed by atoms with E-state index in [9.17, 15) is 9.59 Å². The number of Topliss-reactive ketones (excluding diaryl/α,β-unsaturated/α-hetero) is 1. The third-order valence-corrected chi connectivity index (χ3v) is 3.87. The number of ether oxygens (including phenoxy) is 1. The summed E-state index contributed by atoms with van der Waals surface area (Å²) in [5.74, 6) is 0.739. The molecule has 7 heteroatoms. The molecule has 24 heavy (non-hydrogen) atoms. The van der Waals surface area contributed by atoms with Crippen LogP contribution in [0.5, 0.6) is 5.75 Å². The van der Waals surface area contributed by atoms with E-state index < -0.39 is 0 Å². The largest absolute Gasteiger partial charge is 0.491 e. The van der Waals surface area contributed by atoms with Gasteiger partial charge >= 0.3 is 0 Å². The number of benzene rings is 1. The molecule has 1 aliphatic rings. The maximum Gasteiger partial charge on any atom is 0.236 e. The van der Waals surface area contributed by atoms with Crippen molar-refractivity contribution in [2.45, 2.75) is 6.92 Å². The Morgan fingerprint density at radius 2 is 1.92 bits per heavy atom. The first-order valence-electron chi connectivity index (χ1n) is 7.97. The van der Waals surface area contributed by atoms with E-state index in [1.165, 1.54) is 6.92 Å². The summed E-state index contributed by atoms with van der Waals surface area (Å²) in [7, 11) is 1.90. The van der Waals surface area contributed by atoms with Gasteiger partial charge in [-0.3, -0.25) is 14.5 Å². The Morgan fingerprint density at radius 3 is 2.58 bits per heavy atom. The zero-order valence-electron chi connectivity index (χ0n) is 14.3. The van der Waals surface area contributed by atoms with Crippen molar-refractivity contribution >= 4 is 24.1 Å². The summed E-state index contributed by atoms with van der Waals surface area (Å²) < 4.78 is 5.70. The lowest BCUT2D eigenvalue weighted by Crippen LogP contribution is -2.49. The van der Waals surface area contributed by atoms with Gasteiger partial charge in [-0.25, -0.2) is 0 Å². The lowest BCUT2D eigenvalue weighted by atomic mass is 10.1. The van der Waals surface area contributed by atoms with Crippen molar-refractivity contribution in [3.8, 4) is 5.75 Å². The zero-order chi connectivity index (χ0) is 16.7. The second-order valence-electron chi connectivity index (χ2n) is 5.77. The molecule has 1 heterocycles. The molecular formula is C17H26ClN3O3. The molecular weight excluding hydrogens is 330 g/mol. The number of piperazine rings is 1. The molecule has 0 radical (unpaired) electrons. The minimum Gasteiger partial charge on any atom is -0.491 e. The monoisotopic (exact) mass is 355 g/mol. The Morgan fingerprint density at radius 1 is 1.25 bits per heavy atom. The highest BCUT2D eigenvalue weighted by molar-refractivity contribution is 5.96. The van der Waals surface area contributed by atoms with E-state index in [0.29, 0.717) is 31.0 Å². The summed E-state index contributed by atoms with van der Waals surface area (Å²) in [6.07, 6.45) is 0. The summed E-state index contributed by atoms with van der Waals surface area (Å²) in [4.78, 5) is 27.5. The second-order valence-corrected chi connectivity index (χ2v) is 5.77. The van der Waals surface area contributed by atoms with E-state index >= 15 is 0 Å². The summed E-state index contributed by atoms with van der Waals surface area (Å²) in [5, 5.41) is 3.23. The predicted octanol–water partition coefficient (Wildman–Crippen LogP) is 1.05. The van der Waals surface area contributed by atoms with E-state index in [2.05, 4.69) is 5.32 Å². The van der Waals surface area contributed by atoms with Gasteiger partial charge in [0.05, 0.1) is 12.1 Å². The van der Waals surface area contributed by atoms with Crippen LogP contribution in [0.2, 0.25) is 0 Å². The SMILES string of the molecule is CC(=O)c1ccccc1OCCN(C)CC(=O)N1CCNCC1.Cl. The third-order valence-electron chi connectivity index (χ3n) is 3.87. The van der Waals surface area contributed by atoms with Crippen molar-refractivity contribution in [2.75, 3.05) is 52.9 Å². The highest BCUT2D eigenvalue weighted by Crippen LogP contribution is 2.18. The van der Waals surface area contributed by atoms with Gasteiger partial charge in [0, 0.05) is 32.7 Å². The summed E-state index contributed by atoms with van der Waals surface area (Å²) >= 11 is 0. The van der Waals surface area contributed by atoms with Gasteiger partial charge in [0.1, 0.15) is 12.4 Å². The first kappa shape index (κ1) is 20.4. The van der Waals surface area contributed by atoms with Crippen LogP contribution >= 0.6 is 12.4 Å². The van der Waals surface area contributed by atoms with Gasteiger partial charge in [0.2, 0.25) is 5.91 Å². The van der Waals surface area contributed by atoms with Crippen LogP contribution in [-0.4, -0.2) is 74.4 Å². The average molecular weight is 356 g/mol. The summed E-state index contributed by atoms with van der Waals surface area (Å²) in [5.41, 5.74) is 0.590. The van der Waals surface area contributed by atoms with Crippen molar-refractivity contribution in [3.05, 3.63) is 29.8 Å². The van der Waals surface area contributed by atoms with Gasteiger partial charge < -0.3 is 15.0 Å². The topological polar surface area (TPSA) is 61.9 Å². The number of amides is 1. The number of carbonyl (C=O) groups is 2. The average Bonchev–Trinajstić information content (AvgIpc) is 2.56. The Hall–Kier alpha value is -1.63. The normalized spacial score (nSPS) is 14.2. The van der Waals surface area contributed by atoms with E-state index in [1.807, 2.05) is 29.0 Å². The van der Waals surface area contributed by atoms with Crippen molar-refractivity contribution in [2.24, 2.45) is 0 Å². The number of hydrogen-bond donors (Lipinski definition) is 1. The number of rotatable bonds is 7. The second kappa shape index (κ2) is 10.3. The van der Waals surface area contributed by atoms with E-state index in [4.69, 9.17) is 4.74 Å². The van der Waals surface area contributed by atoms with Crippen molar-refractivity contribution in [3.63, 3.8) is 0 Å². The lowest BCUT2D eigenvalue weighted by Gasteiger charge is -2.29. The van der Waals surface area contributed by atoms with Gasteiger partial charge in [-0.2, -0.15) is 0 Å². The molecule has 0 aromatic heterocycles. The predicted molar refractivity (Wildman–Crippen MR) is 96.1 cm³/mol. The Kier molecular flexibility index (Phi) is 8.74. The van der Waals surface area contributed by atoms with Gasteiger partial charge in [0.15, 0.2) is 5.78 Å². The Bertz CT molecular complexity index is 548. The molecule has 0 unspecified atom stereocenters. The van der Waals surface area contributed by atoms with Gasteiger partial charge in [-0.05, 0) is 26.1 Å². The smallest absolute Gasteiger partial charge is 0.236 e. The van der Waals surface area contributed by atoms with E-state index in [0.717, 1.165) is 26.2 Å². The molecule has 1 saturated heterocycles. The fourth-order valence-electron chi connectivity index (χ4n) is 2.52. The Balaban J connectivity index is 0.00000288. The number of likely N-dealkylation sites (N-methyl/N-ethyl adjacent to an activating group) is 1. The molecule has 0 saturated carbocycles. The zero-order valence-corrected chi connectivity index (χ0v) is 15.1. The first-order chi connectivity index (χ1) is 11.1. The van der Waals surface area contributed by atoms with Gasteiger partial charge in [0.25, 0.3) is 0 Å². The van der Waals surface area contributed by atoms with Crippen LogP contribution in [-0.2, 0) is 4.79 Å². The molecule has 1 fully saturated rings. The van der Waals surface area contributed by atoms with Crippen LogP contribution in [0.3, 0.4) is 0 Å². The summed E-state index contributed by atoms with van der Waals surface area (Å²) in [6.45, 7) is 6.25. The maximum atomic E-state index is 12.2. The van der Waals surface area contributed by atoms with Crippen molar-refractivity contribution in [1.82, 2.24) is 15.1 Å². The number of nitrogens with zero attached hydrogens (tertiary/aromatic N) is 2. The molecule has 0 bridgehead atoms. The van der Waals surface area contributed by atoms with Crippen LogP contribution in [0.25, 0.3) is 0 Å². The minimum absolute atomic E-state index is 0. The minimum atomic E-state index is -0.0113. The van der Waals surface area contributed by atoms with Crippen LogP contribution in [0.4, 0.5) is 0 Å². The number of para-hydroxylation sites is 1. The standard InChI is InChI=1S/C17H25N3O3.ClH/c1-14(21)15-5-3-4-6-16(15)23-12-11-19(2)13-17(22)20-9-7-18-8-10-20;/h3-6,18H,7-13H2,1-2H3;1H. The maximum absolute atomic E-state index is 12.2. The molecule has 1 N–H and O–H groups in total. The molecule has 1 amide bonds. The fraction of sp³-hybridized carbons (Fsp3) is 0.529. The molecule has 0 aliphatic carbocycles. The van der Waals surface area contributed by atoms with Crippen molar-refractivity contribution in [1.29, 1.82) is 0 Å². The quantitative estimate of drug-likeness (QED) is 0.741. The van der Waals surface area contributed by atoms with Gasteiger partial charge in [-0.1, -0.05) is 12.1 Å². The van der Waals surface area contributed by atoms with Crippen LogP contribution in [0, 0.1) is 0 Å². The number of carbonyl (C=O) groups excluding carboxylic acids is 2. The van der Waals surface area contributed by atoms with Gasteiger partial charge in [-0.15, -0.1) is 12.4 Å². The fourth-order valence-corrected chi connectivity index (χ4v) is 2.52. The highest BCUT2D eigenvalue weighted by atomic mass is 35.5. The lowest BCUT2D eigenvalue weighted by molar-refractivity contribution is -0.132. The van der Waals surface area contributed by atoms with Crippen LogP contribution in [0.15, 0.2) is 24.3 Å². The molecule has 6 nitrogen and oxygen atoms in total.